The number of fused-ring (bicyclic) bond motifs is 1. The monoisotopic (exact) mass is 311 g/mol. The molecule has 23 heavy (non-hydrogen) atoms. The van der Waals surface area contributed by atoms with Gasteiger partial charge in [-0.25, -0.2) is 0 Å². The first-order valence-corrected chi connectivity index (χ1v) is 6.53. The number of carbonyl (C=O) groups excluding carboxylic acids is 2. The van der Waals surface area contributed by atoms with Crippen LogP contribution < -0.4 is 0 Å². The van der Waals surface area contributed by atoms with Crippen LogP contribution in [0.1, 0.15) is 21.7 Å². The summed E-state index contributed by atoms with van der Waals surface area (Å²) in [6.45, 7) is 0. The van der Waals surface area contributed by atoms with Crippen molar-refractivity contribution in [3.8, 4) is 0 Å². The third-order valence-electron chi connectivity index (χ3n) is 3.33. The first kappa shape index (κ1) is 14.5. The summed E-state index contributed by atoms with van der Waals surface area (Å²) in [6, 6.07) is 8.82. The van der Waals surface area contributed by atoms with Crippen molar-refractivity contribution in [1.82, 2.24) is 0 Å². The van der Waals surface area contributed by atoms with E-state index >= 15 is 0 Å². The maximum Gasteiger partial charge on any atom is 0.433 e. The average Bonchev–Trinajstić information content (AvgIpc) is 3.10. The first-order chi connectivity index (χ1) is 11.0. The standard InChI is InChI=1S/C16H9NO6/c18-12(7-5-9-6-8-13(23-9)17(21)22)14-15(19)10-3-1-2-4-11(10)16(14)20/h1-8,19H. The average molecular weight is 311 g/mol. The van der Waals surface area contributed by atoms with Gasteiger partial charge in [0.15, 0.2) is 5.78 Å². The Morgan fingerprint density at radius 1 is 1.17 bits per heavy atom. The fourth-order valence-corrected chi connectivity index (χ4v) is 2.26. The lowest BCUT2D eigenvalue weighted by molar-refractivity contribution is -0.402. The van der Waals surface area contributed by atoms with Crippen molar-refractivity contribution >= 4 is 29.3 Å². The van der Waals surface area contributed by atoms with Gasteiger partial charge in [0.1, 0.15) is 22.0 Å². The van der Waals surface area contributed by atoms with Crippen molar-refractivity contribution in [3.63, 3.8) is 0 Å². The predicted octanol–water partition coefficient (Wildman–Crippen LogP) is 2.94. The molecule has 0 amide bonds. The van der Waals surface area contributed by atoms with Crippen LogP contribution in [0, 0.1) is 10.1 Å². The van der Waals surface area contributed by atoms with E-state index in [1.54, 1.807) is 18.2 Å². The number of Topliss-reactive ketones (excluding diaryl/α,β-unsaturated/α-hetero) is 1. The molecule has 0 aliphatic heterocycles. The minimum Gasteiger partial charge on any atom is -0.506 e. The Labute approximate surface area is 129 Å². The molecule has 0 fully saturated rings. The van der Waals surface area contributed by atoms with Gasteiger partial charge in [0.05, 0.1) is 6.07 Å². The van der Waals surface area contributed by atoms with E-state index in [9.17, 15) is 24.8 Å². The van der Waals surface area contributed by atoms with E-state index in [4.69, 9.17) is 4.42 Å². The first-order valence-electron chi connectivity index (χ1n) is 6.53. The highest BCUT2D eigenvalue weighted by Crippen LogP contribution is 2.31. The van der Waals surface area contributed by atoms with Crippen LogP contribution >= 0.6 is 0 Å². The predicted molar refractivity (Wildman–Crippen MR) is 79.7 cm³/mol. The molecule has 0 spiro atoms. The van der Waals surface area contributed by atoms with Crippen LogP contribution in [-0.4, -0.2) is 21.6 Å². The SMILES string of the molecule is O=C(C=Cc1ccc([N+](=O)[O-])o1)C1=C(O)c2ccccc2C1=O. The highest BCUT2D eigenvalue weighted by Gasteiger charge is 2.32. The number of allylic oxidation sites excluding steroid dienone is 2. The molecule has 1 aliphatic rings. The molecule has 0 unspecified atom stereocenters. The van der Waals surface area contributed by atoms with Gasteiger partial charge in [0, 0.05) is 11.1 Å². The number of benzene rings is 1. The Morgan fingerprint density at radius 2 is 1.87 bits per heavy atom. The zero-order valence-corrected chi connectivity index (χ0v) is 11.6. The number of aliphatic hydroxyl groups is 1. The molecule has 1 aromatic carbocycles. The van der Waals surface area contributed by atoms with E-state index in [1.807, 2.05) is 0 Å². The maximum absolute atomic E-state index is 12.2. The normalized spacial score (nSPS) is 13.7. The van der Waals surface area contributed by atoms with Crippen molar-refractivity contribution in [3.05, 3.63) is 75.0 Å². The second-order valence-corrected chi connectivity index (χ2v) is 4.73. The van der Waals surface area contributed by atoms with Crippen LogP contribution in [0.2, 0.25) is 0 Å². The third-order valence-corrected chi connectivity index (χ3v) is 3.33. The van der Waals surface area contributed by atoms with Crippen molar-refractivity contribution in [2.24, 2.45) is 0 Å². The van der Waals surface area contributed by atoms with Crippen LogP contribution in [-0.2, 0) is 4.79 Å². The molecule has 2 aromatic rings. The quantitative estimate of drug-likeness (QED) is 0.402. The summed E-state index contributed by atoms with van der Waals surface area (Å²) < 4.78 is 4.87. The summed E-state index contributed by atoms with van der Waals surface area (Å²) in [6.07, 6.45) is 2.23. The Bertz CT molecular complexity index is 903. The molecule has 7 heteroatoms. The summed E-state index contributed by atoms with van der Waals surface area (Å²) in [7, 11) is 0. The molecule has 7 nitrogen and oxygen atoms in total. The second-order valence-electron chi connectivity index (χ2n) is 4.73. The zero-order chi connectivity index (χ0) is 16.6. The van der Waals surface area contributed by atoms with E-state index in [1.165, 1.54) is 18.2 Å². The lowest BCUT2D eigenvalue weighted by Crippen LogP contribution is -2.08. The maximum atomic E-state index is 12.2. The topological polar surface area (TPSA) is 111 Å². The molecule has 0 saturated heterocycles. The number of nitrogens with zero attached hydrogens (tertiary/aromatic N) is 1. The van der Waals surface area contributed by atoms with Crippen LogP contribution in [0.4, 0.5) is 5.88 Å². The van der Waals surface area contributed by atoms with Crippen LogP contribution in [0.5, 0.6) is 0 Å². The Hall–Kier alpha value is -3.48. The van der Waals surface area contributed by atoms with Gasteiger partial charge in [-0.05, 0) is 18.2 Å². The molecule has 3 rings (SSSR count). The number of aliphatic hydroxyl groups excluding tert-OH is 1. The summed E-state index contributed by atoms with van der Waals surface area (Å²) in [5.41, 5.74) is 0.238. The number of hydrogen-bond acceptors (Lipinski definition) is 6. The number of carbonyl (C=O) groups is 2. The molecule has 0 radical (unpaired) electrons. The van der Waals surface area contributed by atoms with E-state index < -0.39 is 22.4 Å². The third kappa shape index (κ3) is 2.44. The number of rotatable bonds is 4. The van der Waals surface area contributed by atoms with Gasteiger partial charge in [-0.1, -0.05) is 24.3 Å². The highest BCUT2D eigenvalue weighted by molar-refractivity contribution is 6.36. The van der Waals surface area contributed by atoms with Gasteiger partial charge < -0.3 is 9.52 Å². The van der Waals surface area contributed by atoms with Crippen molar-refractivity contribution in [2.45, 2.75) is 0 Å². The lowest BCUT2D eigenvalue weighted by atomic mass is 10.1. The second kappa shape index (κ2) is 5.38. The van der Waals surface area contributed by atoms with Crippen molar-refractivity contribution < 1.29 is 24.0 Å². The molecular formula is C16H9NO6. The van der Waals surface area contributed by atoms with E-state index in [2.05, 4.69) is 0 Å². The van der Waals surface area contributed by atoms with Gasteiger partial charge in [-0.3, -0.25) is 19.7 Å². The summed E-state index contributed by atoms with van der Waals surface area (Å²) in [4.78, 5) is 34.1. The van der Waals surface area contributed by atoms with Gasteiger partial charge in [-0.2, -0.15) is 0 Å². The Balaban J connectivity index is 1.87. The number of ketones is 2. The molecule has 1 N–H and O–H groups in total. The van der Waals surface area contributed by atoms with Crippen LogP contribution in [0.3, 0.4) is 0 Å². The van der Waals surface area contributed by atoms with E-state index in [-0.39, 0.29) is 22.7 Å². The fraction of sp³-hybridized carbons (Fsp3) is 0. The summed E-state index contributed by atoms with van der Waals surface area (Å²) in [5.74, 6) is -2.00. The minimum atomic E-state index is -0.706. The number of nitro groups is 1. The molecule has 114 valence electrons. The summed E-state index contributed by atoms with van der Waals surface area (Å²) >= 11 is 0. The zero-order valence-electron chi connectivity index (χ0n) is 11.6. The molecule has 0 saturated carbocycles. The van der Waals surface area contributed by atoms with Gasteiger partial charge in [0.25, 0.3) is 0 Å². The molecule has 1 heterocycles. The molecule has 0 bridgehead atoms. The molecular weight excluding hydrogens is 302 g/mol. The molecule has 0 atom stereocenters. The largest absolute Gasteiger partial charge is 0.506 e. The van der Waals surface area contributed by atoms with Gasteiger partial charge >= 0.3 is 5.88 Å². The Morgan fingerprint density at radius 3 is 2.48 bits per heavy atom. The fourth-order valence-electron chi connectivity index (χ4n) is 2.26. The smallest absolute Gasteiger partial charge is 0.433 e. The summed E-state index contributed by atoms with van der Waals surface area (Å²) in [5, 5.41) is 20.6. The number of furan rings is 1. The number of hydrogen-bond donors (Lipinski definition) is 1. The highest BCUT2D eigenvalue weighted by atomic mass is 16.6. The van der Waals surface area contributed by atoms with Crippen molar-refractivity contribution in [1.29, 1.82) is 0 Å². The van der Waals surface area contributed by atoms with Crippen molar-refractivity contribution in [2.75, 3.05) is 0 Å². The minimum absolute atomic E-state index is 0.0908. The van der Waals surface area contributed by atoms with E-state index in [0.29, 0.717) is 5.56 Å². The van der Waals surface area contributed by atoms with Crippen LogP contribution in [0.15, 0.2) is 52.5 Å². The lowest BCUT2D eigenvalue weighted by Gasteiger charge is -1.95. The van der Waals surface area contributed by atoms with Crippen LogP contribution in [0.25, 0.3) is 11.8 Å². The van der Waals surface area contributed by atoms with Gasteiger partial charge in [-0.15, -0.1) is 0 Å². The van der Waals surface area contributed by atoms with E-state index in [0.717, 1.165) is 12.1 Å². The van der Waals surface area contributed by atoms with Gasteiger partial charge in [0.2, 0.25) is 5.78 Å². The molecule has 1 aliphatic carbocycles. The molecule has 1 aromatic heterocycles. The Kier molecular flexibility index (Phi) is 3.38.